The molecule has 3 saturated heterocycles. The summed E-state index contributed by atoms with van der Waals surface area (Å²) in [6.45, 7) is 1.52. The molecule has 1 aliphatic carbocycles. The minimum absolute atomic E-state index is 0.496. The Morgan fingerprint density at radius 3 is 2.28 bits per heavy atom. The number of fused-ring (bicyclic) bond motifs is 3. The molecule has 276 valence electrons. The van der Waals surface area contributed by atoms with Crippen LogP contribution < -0.4 is 4.74 Å². The molecule has 4 aliphatic heterocycles. The number of hydrogen-bond acceptors (Lipinski definition) is 17. The number of rotatable bonds is 11. The molecule has 0 amide bonds. The van der Waals surface area contributed by atoms with Crippen LogP contribution in [0.5, 0.6) is 5.75 Å². The van der Waals surface area contributed by atoms with E-state index in [1.807, 2.05) is 0 Å². The summed E-state index contributed by atoms with van der Waals surface area (Å²) < 4.78 is 51.5. The van der Waals surface area contributed by atoms with Gasteiger partial charge in [-0.2, -0.15) is 0 Å². The van der Waals surface area contributed by atoms with E-state index in [4.69, 9.17) is 42.6 Å². The van der Waals surface area contributed by atoms with Crippen molar-refractivity contribution in [3.8, 4) is 5.75 Å². The Bertz CT molecular complexity index is 1420. The third-order valence-corrected chi connectivity index (χ3v) is 9.72. The summed E-state index contributed by atoms with van der Waals surface area (Å²) in [5.74, 6) is -2.26. The van der Waals surface area contributed by atoms with E-state index in [1.165, 1.54) is 25.5 Å². The lowest BCUT2D eigenvalue weighted by Gasteiger charge is -2.44. The van der Waals surface area contributed by atoms with Crippen molar-refractivity contribution in [3.05, 3.63) is 48.2 Å². The molecule has 4 fully saturated rings. The minimum Gasteiger partial charge on any atom is -0.497 e. The maximum absolute atomic E-state index is 12.8. The highest BCUT2D eigenvalue weighted by Crippen LogP contribution is 2.61. The van der Waals surface area contributed by atoms with Gasteiger partial charge in [-0.1, -0.05) is 12.1 Å². The fourth-order valence-electron chi connectivity index (χ4n) is 7.10. The molecule has 1 saturated carbocycles. The zero-order valence-electron chi connectivity index (χ0n) is 27.4. The molecule has 0 aromatic heterocycles. The largest absolute Gasteiger partial charge is 0.497 e. The molecular weight excluding hydrogens is 668 g/mol. The van der Waals surface area contributed by atoms with E-state index in [0.29, 0.717) is 11.3 Å². The van der Waals surface area contributed by atoms with Gasteiger partial charge in [-0.25, -0.2) is 4.79 Å². The Kier molecular flexibility index (Phi) is 10.8. The van der Waals surface area contributed by atoms with Gasteiger partial charge in [0.15, 0.2) is 24.8 Å². The Balaban J connectivity index is 1.15. The molecule has 1 aromatic carbocycles. The van der Waals surface area contributed by atoms with Crippen LogP contribution >= 0.6 is 0 Å². The molecule has 0 bridgehead atoms. The fourth-order valence-corrected chi connectivity index (χ4v) is 7.10. The van der Waals surface area contributed by atoms with Crippen molar-refractivity contribution in [2.75, 3.05) is 20.3 Å². The molecule has 50 heavy (non-hydrogen) atoms. The van der Waals surface area contributed by atoms with Gasteiger partial charge in [-0.15, -0.1) is 0 Å². The van der Waals surface area contributed by atoms with Gasteiger partial charge in [0.25, 0.3) is 0 Å². The van der Waals surface area contributed by atoms with Crippen LogP contribution in [0.4, 0.5) is 0 Å². The van der Waals surface area contributed by atoms with Gasteiger partial charge >= 0.3 is 11.9 Å². The first-order valence-corrected chi connectivity index (χ1v) is 16.2. The van der Waals surface area contributed by atoms with E-state index in [1.54, 1.807) is 37.3 Å². The standard InChI is InChI=1S/C33H42O17/c1-14-26(47-20(37)9-6-16-4-7-17(42-3)8-5-16)25(41)28(45-15(2)36)32(44-14)48-27-18-10-11-43-30(21(18)33(13-35)29(27)50-33)49-31-24(40)23(39)22(38)19(12-34)46-31/h4-11,14,18-19,21-32,34-35,38-41H,12-13H2,1-3H3/t14-,18+,19+,21+,22+,23-,24+,25+,26-,27-,28+,29-,30-,31-,32-,33+/m0/s1. The highest BCUT2D eigenvalue weighted by molar-refractivity contribution is 5.87. The van der Waals surface area contributed by atoms with E-state index < -0.39 is 122 Å². The van der Waals surface area contributed by atoms with Crippen LogP contribution in [0, 0.1) is 11.8 Å². The second-order valence-corrected chi connectivity index (χ2v) is 12.8. The first-order chi connectivity index (χ1) is 23.9. The van der Waals surface area contributed by atoms with Crippen LogP contribution in [-0.4, -0.2) is 148 Å². The number of esters is 2. The molecule has 1 aromatic rings. The molecule has 17 nitrogen and oxygen atoms in total. The molecule has 6 rings (SSSR count). The van der Waals surface area contributed by atoms with Crippen LogP contribution in [0.25, 0.3) is 6.08 Å². The van der Waals surface area contributed by atoms with Crippen molar-refractivity contribution in [2.24, 2.45) is 11.8 Å². The maximum Gasteiger partial charge on any atom is 0.331 e. The third-order valence-electron chi connectivity index (χ3n) is 9.72. The highest BCUT2D eigenvalue weighted by Gasteiger charge is 2.77. The molecule has 6 N–H and O–H groups in total. The zero-order valence-corrected chi connectivity index (χ0v) is 27.4. The summed E-state index contributed by atoms with van der Waals surface area (Å²) in [6, 6.07) is 6.93. The predicted molar refractivity (Wildman–Crippen MR) is 163 cm³/mol. The summed E-state index contributed by atoms with van der Waals surface area (Å²) in [6.07, 6.45) is -11.5. The van der Waals surface area contributed by atoms with Gasteiger partial charge in [-0.05, 0) is 36.8 Å². The quantitative estimate of drug-likeness (QED) is 0.0835. The normalized spacial score (nSPS) is 43.4. The average molecular weight is 711 g/mol. The fraction of sp³-hybridized carbons (Fsp3) is 0.636. The molecule has 5 aliphatic rings. The van der Waals surface area contributed by atoms with Crippen molar-refractivity contribution < 1.29 is 82.9 Å². The summed E-state index contributed by atoms with van der Waals surface area (Å²) >= 11 is 0. The van der Waals surface area contributed by atoms with Crippen molar-refractivity contribution in [1.29, 1.82) is 0 Å². The van der Waals surface area contributed by atoms with Gasteiger partial charge < -0.3 is 73.3 Å². The summed E-state index contributed by atoms with van der Waals surface area (Å²) in [5.41, 5.74) is -0.551. The smallest absolute Gasteiger partial charge is 0.331 e. The first kappa shape index (κ1) is 36.6. The van der Waals surface area contributed by atoms with Gasteiger partial charge in [0, 0.05) is 18.9 Å². The van der Waals surface area contributed by atoms with Crippen LogP contribution in [0.15, 0.2) is 42.7 Å². The molecular formula is C33H42O17. The third kappa shape index (κ3) is 6.88. The number of hydrogen-bond donors (Lipinski definition) is 6. The zero-order chi connectivity index (χ0) is 35.9. The lowest BCUT2D eigenvalue weighted by Crippen LogP contribution is -2.61. The van der Waals surface area contributed by atoms with Gasteiger partial charge in [0.1, 0.15) is 48.0 Å². The van der Waals surface area contributed by atoms with E-state index >= 15 is 0 Å². The SMILES string of the molecule is COc1ccc(C=CC(=O)O[C@@H]2[C@@H](O)[C@@H](OC(C)=O)[C@H](O[C@H]3[C@@H]4C=CO[C@@H](O[C@@H]5O[C@H](CO)[C@@H](O)[C@H](O)[C@H]5O)[C@@H]4[C@@]4(CO)O[C@@H]34)O[C@H]2C)cc1. The molecule has 0 radical (unpaired) electrons. The van der Waals surface area contributed by atoms with Crippen molar-refractivity contribution in [2.45, 2.75) is 99.4 Å². The Labute approximate surface area is 286 Å². The number of benzene rings is 1. The molecule has 0 unspecified atom stereocenters. The van der Waals surface area contributed by atoms with E-state index in [0.717, 1.165) is 6.92 Å². The number of methoxy groups -OCH3 is 1. The number of epoxide rings is 1. The maximum atomic E-state index is 12.8. The Hall–Kier alpha value is -3.20. The topological polar surface area (TPSA) is 242 Å². The second kappa shape index (κ2) is 14.8. The van der Waals surface area contributed by atoms with Crippen molar-refractivity contribution in [3.63, 3.8) is 0 Å². The second-order valence-electron chi connectivity index (χ2n) is 12.8. The molecule has 16 atom stereocenters. The van der Waals surface area contributed by atoms with Crippen LogP contribution in [-0.2, 0) is 47.5 Å². The lowest BCUT2D eigenvalue weighted by atomic mass is 9.85. The van der Waals surface area contributed by atoms with Crippen LogP contribution in [0.3, 0.4) is 0 Å². The summed E-state index contributed by atoms with van der Waals surface area (Å²) in [4.78, 5) is 24.9. The summed E-state index contributed by atoms with van der Waals surface area (Å²) in [5, 5.41) is 62.3. The lowest BCUT2D eigenvalue weighted by molar-refractivity contribution is -0.347. The average Bonchev–Trinajstić information content (AvgIpc) is 3.78. The van der Waals surface area contributed by atoms with E-state index in [9.17, 15) is 40.2 Å². The van der Waals surface area contributed by atoms with Crippen LogP contribution in [0.1, 0.15) is 19.4 Å². The monoisotopic (exact) mass is 710 g/mol. The first-order valence-electron chi connectivity index (χ1n) is 16.2. The molecule has 4 heterocycles. The van der Waals surface area contributed by atoms with Gasteiger partial charge in [0.05, 0.1) is 44.7 Å². The minimum atomic E-state index is -1.71. The Morgan fingerprint density at radius 2 is 1.62 bits per heavy atom. The van der Waals surface area contributed by atoms with Gasteiger partial charge in [0.2, 0.25) is 6.29 Å². The number of aliphatic hydroxyl groups is 6. The predicted octanol–water partition coefficient (Wildman–Crippen LogP) is -1.89. The highest BCUT2D eigenvalue weighted by atomic mass is 16.8. The van der Waals surface area contributed by atoms with E-state index in [-0.39, 0.29) is 0 Å². The number of aliphatic hydroxyl groups excluding tert-OH is 6. The van der Waals surface area contributed by atoms with E-state index in [2.05, 4.69) is 0 Å². The molecule has 0 spiro atoms. The van der Waals surface area contributed by atoms with Crippen LogP contribution in [0.2, 0.25) is 0 Å². The van der Waals surface area contributed by atoms with Gasteiger partial charge in [-0.3, -0.25) is 4.79 Å². The number of carbonyl (C=O) groups excluding carboxylic acids is 2. The Morgan fingerprint density at radius 1 is 0.880 bits per heavy atom. The van der Waals surface area contributed by atoms with Crippen molar-refractivity contribution >= 4 is 18.0 Å². The number of carbonyl (C=O) groups is 2. The summed E-state index contributed by atoms with van der Waals surface area (Å²) in [7, 11) is 1.54. The molecule has 17 heteroatoms. The number of ether oxygens (including phenoxy) is 9. The van der Waals surface area contributed by atoms with Crippen molar-refractivity contribution in [1.82, 2.24) is 0 Å².